The van der Waals surface area contributed by atoms with Crippen LogP contribution in [0.4, 0.5) is 11.8 Å². The van der Waals surface area contributed by atoms with Crippen molar-refractivity contribution < 1.29 is 4.74 Å². The van der Waals surface area contributed by atoms with Crippen LogP contribution in [0.2, 0.25) is 0 Å². The Bertz CT molecular complexity index is 764. The number of nitrogens with one attached hydrogen (secondary N) is 2. The molecule has 3 rings (SSSR count). The van der Waals surface area contributed by atoms with E-state index in [9.17, 15) is 0 Å². The van der Waals surface area contributed by atoms with Gasteiger partial charge in [0.15, 0.2) is 5.82 Å². The molecule has 0 bridgehead atoms. The zero-order valence-corrected chi connectivity index (χ0v) is 13.3. The molecule has 3 aromatic rings. The van der Waals surface area contributed by atoms with Crippen molar-refractivity contribution in [3.63, 3.8) is 0 Å². The van der Waals surface area contributed by atoms with Gasteiger partial charge in [-0.2, -0.15) is 10.1 Å². The van der Waals surface area contributed by atoms with Crippen LogP contribution < -0.4 is 15.4 Å². The summed E-state index contributed by atoms with van der Waals surface area (Å²) in [5.74, 6) is 1.98. The van der Waals surface area contributed by atoms with Gasteiger partial charge in [0, 0.05) is 25.5 Å². The van der Waals surface area contributed by atoms with Crippen molar-refractivity contribution >= 4 is 11.8 Å². The van der Waals surface area contributed by atoms with E-state index in [0.29, 0.717) is 24.9 Å². The molecular weight excluding hydrogens is 304 g/mol. The second-order valence-electron chi connectivity index (χ2n) is 5.08. The van der Waals surface area contributed by atoms with E-state index in [1.807, 2.05) is 36.4 Å². The van der Waals surface area contributed by atoms with Crippen LogP contribution in [0, 0.1) is 0 Å². The highest BCUT2D eigenvalue weighted by Crippen LogP contribution is 2.12. The Balaban J connectivity index is 1.56. The molecule has 24 heavy (non-hydrogen) atoms. The van der Waals surface area contributed by atoms with E-state index in [1.165, 1.54) is 0 Å². The number of hydrogen-bond acceptors (Lipinski definition) is 7. The highest BCUT2D eigenvalue weighted by Gasteiger charge is 2.01. The second-order valence-corrected chi connectivity index (χ2v) is 5.08. The Morgan fingerprint density at radius 1 is 0.917 bits per heavy atom. The summed E-state index contributed by atoms with van der Waals surface area (Å²) in [5.41, 5.74) is 2.23. The molecule has 2 N–H and O–H groups in total. The minimum Gasteiger partial charge on any atom is -0.497 e. The van der Waals surface area contributed by atoms with Crippen molar-refractivity contribution in [3.8, 4) is 5.75 Å². The van der Waals surface area contributed by atoms with Crippen molar-refractivity contribution in [1.29, 1.82) is 0 Å². The number of hydrogen-bond donors (Lipinski definition) is 2. The van der Waals surface area contributed by atoms with Crippen molar-refractivity contribution in [2.75, 3.05) is 17.7 Å². The molecule has 0 amide bonds. The van der Waals surface area contributed by atoms with Gasteiger partial charge in [0.2, 0.25) is 5.95 Å². The summed E-state index contributed by atoms with van der Waals surface area (Å²) in [5, 5.41) is 14.3. The van der Waals surface area contributed by atoms with Crippen LogP contribution in [0.3, 0.4) is 0 Å². The fraction of sp³-hybridized carbons (Fsp3) is 0.176. The van der Waals surface area contributed by atoms with Gasteiger partial charge in [-0.05, 0) is 35.4 Å². The van der Waals surface area contributed by atoms with E-state index in [-0.39, 0.29) is 0 Å². The Hall–Kier alpha value is -3.22. The number of anilines is 2. The van der Waals surface area contributed by atoms with Crippen LogP contribution in [0.15, 0.2) is 55.0 Å². The third-order valence-electron chi connectivity index (χ3n) is 3.39. The lowest BCUT2D eigenvalue weighted by Gasteiger charge is -2.08. The molecule has 0 radical (unpaired) electrons. The summed E-state index contributed by atoms with van der Waals surface area (Å²) < 4.78 is 5.14. The van der Waals surface area contributed by atoms with Gasteiger partial charge in [0.05, 0.1) is 13.3 Å². The average Bonchev–Trinajstić information content (AvgIpc) is 2.66. The van der Waals surface area contributed by atoms with Gasteiger partial charge in [-0.25, -0.2) is 0 Å². The largest absolute Gasteiger partial charge is 0.497 e. The topological polar surface area (TPSA) is 84.9 Å². The molecule has 0 aliphatic heterocycles. The molecule has 0 aliphatic carbocycles. The van der Waals surface area contributed by atoms with Crippen LogP contribution >= 0.6 is 0 Å². The predicted molar refractivity (Wildman–Crippen MR) is 91.7 cm³/mol. The summed E-state index contributed by atoms with van der Waals surface area (Å²) in [6, 6.07) is 11.7. The van der Waals surface area contributed by atoms with Crippen LogP contribution in [0.1, 0.15) is 11.1 Å². The average molecular weight is 322 g/mol. The van der Waals surface area contributed by atoms with E-state index in [1.54, 1.807) is 25.7 Å². The highest BCUT2D eigenvalue weighted by molar-refractivity contribution is 5.38. The predicted octanol–water partition coefficient (Wildman–Crippen LogP) is 2.50. The normalized spacial score (nSPS) is 10.2. The molecule has 0 spiro atoms. The van der Waals surface area contributed by atoms with Crippen LogP contribution in [-0.4, -0.2) is 27.3 Å². The fourth-order valence-electron chi connectivity index (χ4n) is 2.08. The number of nitrogens with zero attached hydrogens (tertiary/aromatic N) is 4. The van der Waals surface area contributed by atoms with E-state index in [4.69, 9.17) is 4.74 Å². The number of benzene rings is 1. The maximum atomic E-state index is 5.14. The van der Waals surface area contributed by atoms with E-state index in [2.05, 4.69) is 30.8 Å². The molecule has 0 saturated heterocycles. The minimum atomic E-state index is 0.477. The van der Waals surface area contributed by atoms with Gasteiger partial charge >= 0.3 is 0 Å². The summed E-state index contributed by atoms with van der Waals surface area (Å²) in [6.07, 6.45) is 5.12. The molecule has 122 valence electrons. The molecule has 2 aromatic heterocycles. The van der Waals surface area contributed by atoms with Gasteiger partial charge in [-0.15, -0.1) is 5.10 Å². The molecule has 1 aromatic carbocycles. The molecule has 0 atom stereocenters. The first kappa shape index (κ1) is 15.7. The Labute approximate surface area is 140 Å². The van der Waals surface area contributed by atoms with Gasteiger partial charge in [0.1, 0.15) is 5.75 Å². The van der Waals surface area contributed by atoms with Crippen molar-refractivity contribution in [1.82, 2.24) is 20.2 Å². The van der Waals surface area contributed by atoms with Gasteiger partial charge in [-0.1, -0.05) is 12.1 Å². The van der Waals surface area contributed by atoms with Gasteiger partial charge in [0.25, 0.3) is 0 Å². The number of pyridine rings is 1. The number of ether oxygens (including phenoxy) is 1. The lowest BCUT2D eigenvalue weighted by molar-refractivity contribution is 0.414. The summed E-state index contributed by atoms with van der Waals surface area (Å²) in [4.78, 5) is 8.40. The Kier molecular flexibility index (Phi) is 5.14. The van der Waals surface area contributed by atoms with Crippen molar-refractivity contribution in [3.05, 3.63) is 66.1 Å². The number of rotatable bonds is 7. The molecule has 0 saturated carbocycles. The highest BCUT2D eigenvalue weighted by atomic mass is 16.5. The first-order valence-corrected chi connectivity index (χ1v) is 7.53. The third-order valence-corrected chi connectivity index (χ3v) is 3.39. The maximum Gasteiger partial charge on any atom is 0.244 e. The smallest absolute Gasteiger partial charge is 0.244 e. The van der Waals surface area contributed by atoms with Crippen molar-refractivity contribution in [2.45, 2.75) is 13.1 Å². The number of methoxy groups -OCH3 is 1. The van der Waals surface area contributed by atoms with Gasteiger partial charge < -0.3 is 15.4 Å². The zero-order chi connectivity index (χ0) is 16.6. The monoisotopic (exact) mass is 322 g/mol. The molecule has 0 fully saturated rings. The van der Waals surface area contributed by atoms with Crippen LogP contribution in [0.25, 0.3) is 0 Å². The molecule has 0 unspecified atom stereocenters. The van der Waals surface area contributed by atoms with E-state index >= 15 is 0 Å². The minimum absolute atomic E-state index is 0.477. The quantitative estimate of drug-likeness (QED) is 0.691. The lowest BCUT2D eigenvalue weighted by Crippen LogP contribution is -2.08. The first-order chi connectivity index (χ1) is 11.8. The van der Waals surface area contributed by atoms with E-state index < -0.39 is 0 Å². The SMILES string of the molecule is COc1ccc(CNc2nncc(NCc3ccncc3)n2)cc1. The standard InChI is InChI=1S/C17H18N6O/c1-24-15-4-2-13(3-5-15)11-20-17-22-16(12-21-23-17)19-10-14-6-8-18-9-7-14/h2-9,12H,10-11H2,1H3,(H2,19,20,22,23). The number of aromatic nitrogens is 4. The first-order valence-electron chi connectivity index (χ1n) is 7.53. The second kappa shape index (κ2) is 7.87. The molecular formula is C17H18N6O. The fourth-order valence-corrected chi connectivity index (χ4v) is 2.08. The summed E-state index contributed by atoms with van der Waals surface area (Å²) in [7, 11) is 1.65. The lowest BCUT2D eigenvalue weighted by atomic mass is 10.2. The summed E-state index contributed by atoms with van der Waals surface area (Å²) in [6.45, 7) is 1.26. The molecule has 7 heteroatoms. The molecule has 7 nitrogen and oxygen atoms in total. The van der Waals surface area contributed by atoms with Crippen molar-refractivity contribution in [2.24, 2.45) is 0 Å². The molecule has 2 heterocycles. The Morgan fingerprint density at radius 2 is 1.62 bits per heavy atom. The van der Waals surface area contributed by atoms with Crippen LogP contribution in [0.5, 0.6) is 5.75 Å². The van der Waals surface area contributed by atoms with Gasteiger partial charge in [-0.3, -0.25) is 4.98 Å². The summed E-state index contributed by atoms with van der Waals surface area (Å²) >= 11 is 0. The molecule has 0 aliphatic rings. The maximum absolute atomic E-state index is 5.14. The third kappa shape index (κ3) is 4.39. The van der Waals surface area contributed by atoms with Crippen LogP contribution in [-0.2, 0) is 13.1 Å². The Morgan fingerprint density at radius 3 is 2.38 bits per heavy atom. The zero-order valence-electron chi connectivity index (χ0n) is 13.3. The van der Waals surface area contributed by atoms with E-state index in [0.717, 1.165) is 16.9 Å².